The summed E-state index contributed by atoms with van der Waals surface area (Å²) in [6.45, 7) is 4.31. The largest absolute Gasteiger partial charge is 0.402 e. The van der Waals surface area contributed by atoms with Gasteiger partial charge in [0.1, 0.15) is 0 Å². The molecule has 56 valence electrons. The lowest BCUT2D eigenvalue weighted by atomic mass is 10.1. The first-order chi connectivity index (χ1) is 4.49. The van der Waals surface area contributed by atoms with Crippen molar-refractivity contribution in [3.8, 4) is 0 Å². The Balaban J connectivity index is 2.80. The molecule has 1 rings (SSSR count). The van der Waals surface area contributed by atoms with Crippen LogP contribution in [0.25, 0.3) is 0 Å². The molecule has 1 nitrogen and oxygen atoms in total. The zero-order valence-corrected chi connectivity index (χ0v) is 7.81. The van der Waals surface area contributed by atoms with Gasteiger partial charge in [0.25, 0.3) is 0 Å². The molecule has 10 heavy (non-hydrogen) atoms. The number of hydrogen-bond acceptors (Lipinski definition) is 3. The normalized spacial score (nSPS) is 24.2. The summed E-state index contributed by atoms with van der Waals surface area (Å²) in [4.78, 5) is 0. The summed E-state index contributed by atoms with van der Waals surface area (Å²) in [6, 6.07) is 0. The Morgan fingerprint density at radius 1 is 1.70 bits per heavy atom. The Morgan fingerprint density at radius 2 is 2.30 bits per heavy atom. The van der Waals surface area contributed by atoms with Crippen LogP contribution in [0, 0.1) is 0 Å². The van der Waals surface area contributed by atoms with Gasteiger partial charge in [-0.2, -0.15) is 0 Å². The number of allylic oxidation sites excluding steroid dienone is 1. The lowest BCUT2D eigenvalue weighted by Gasteiger charge is -2.27. The third kappa shape index (κ3) is 1.99. The van der Waals surface area contributed by atoms with Crippen LogP contribution in [0.1, 0.15) is 20.3 Å². The molecule has 3 heteroatoms. The summed E-state index contributed by atoms with van der Waals surface area (Å²) in [5, 5.41) is 0. The maximum atomic E-state index is 5.66. The average molecular weight is 173 g/mol. The highest BCUT2D eigenvalue weighted by Gasteiger charge is 2.24. The van der Waals surface area contributed by atoms with Crippen LogP contribution in [0.2, 0.25) is 0 Å². The Hall–Kier alpha value is -0.0200. The van der Waals surface area contributed by atoms with E-state index < -0.39 is 0 Å². The lowest BCUT2D eigenvalue weighted by Crippen LogP contribution is -2.24. The van der Waals surface area contributed by atoms with Gasteiger partial charge in [0.2, 0.25) is 0 Å². The minimum absolute atomic E-state index is 0.204. The van der Waals surface area contributed by atoms with Crippen molar-refractivity contribution < 1.29 is 0 Å². The van der Waals surface area contributed by atoms with E-state index in [0.717, 1.165) is 16.3 Å². The molecule has 2 N–H and O–H groups in total. The van der Waals surface area contributed by atoms with Gasteiger partial charge in [-0.15, -0.1) is 11.8 Å². The highest BCUT2D eigenvalue weighted by molar-refractivity contribution is 8.24. The second-order valence-corrected chi connectivity index (χ2v) is 5.52. The number of nitrogens with two attached hydrogens (primary N) is 1. The molecule has 0 atom stereocenters. The Bertz CT molecular complexity index is 194. The molecule has 0 radical (unpaired) electrons. The molecule has 0 spiro atoms. The fourth-order valence-corrected chi connectivity index (χ4v) is 2.85. The van der Waals surface area contributed by atoms with E-state index in [-0.39, 0.29) is 4.75 Å². The second-order valence-electron chi connectivity index (χ2n) is 3.08. The summed E-state index contributed by atoms with van der Waals surface area (Å²) in [7, 11) is 0. The van der Waals surface area contributed by atoms with E-state index in [1.54, 1.807) is 11.8 Å². The predicted molar refractivity (Wildman–Crippen MR) is 51.2 cm³/mol. The van der Waals surface area contributed by atoms with Gasteiger partial charge in [-0.25, -0.2) is 0 Å². The van der Waals surface area contributed by atoms with Gasteiger partial charge in [0.15, 0.2) is 0 Å². The zero-order chi connectivity index (χ0) is 7.78. The van der Waals surface area contributed by atoms with Crippen LogP contribution >= 0.6 is 24.0 Å². The molecule has 0 saturated carbocycles. The van der Waals surface area contributed by atoms with Crippen LogP contribution in [-0.4, -0.2) is 8.94 Å². The summed E-state index contributed by atoms with van der Waals surface area (Å²) >= 11 is 6.76. The number of hydrogen-bond donors (Lipinski definition) is 1. The molecule has 0 fully saturated rings. The minimum Gasteiger partial charge on any atom is -0.402 e. The van der Waals surface area contributed by atoms with Gasteiger partial charge < -0.3 is 5.73 Å². The maximum absolute atomic E-state index is 5.66. The Morgan fingerprint density at radius 3 is 2.70 bits per heavy atom. The third-order valence-corrected chi connectivity index (χ3v) is 2.69. The topological polar surface area (TPSA) is 26.0 Å². The first-order valence-electron chi connectivity index (χ1n) is 3.19. The van der Waals surface area contributed by atoms with Gasteiger partial charge >= 0.3 is 0 Å². The van der Waals surface area contributed by atoms with Crippen LogP contribution in [0.3, 0.4) is 0 Å². The van der Waals surface area contributed by atoms with E-state index in [2.05, 4.69) is 13.8 Å². The molecule has 0 saturated heterocycles. The van der Waals surface area contributed by atoms with Crippen LogP contribution < -0.4 is 5.73 Å². The van der Waals surface area contributed by atoms with E-state index in [1.807, 2.05) is 6.08 Å². The van der Waals surface area contributed by atoms with Crippen molar-refractivity contribution >= 4 is 28.2 Å². The van der Waals surface area contributed by atoms with E-state index in [1.165, 1.54) is 0 Å². The first-order valence-corrected chi connectivity index (χ1v) is 4.41. The van der Waals surface area contributed by atoms with Crippen LogP contribution in [0.4, 0.5) is 0 Å². The van der Waals surface area contributed by atoms with Crippen molar-refractivity contribution in [2.75, 3.05) is 0 Å². The Labute approximate surface area is 71.1 Å². The fourth-order valence-electron chi connectivity index (χ4n) is 1.03. The first kappa shape index (κ1) is 8.08. The smallest absolute Gasteiger partial charge is 0.0728 e. The van der Waals surface area contributed by atoms with Crippen LogP contribution in [0.15, 0.2) is 11.8 Å². The molecular weight excluding hydrogens is 162 g/mol. The van der Waals surface area contributed by atoms with E-state index in [4.69, 9.17) is 18.0 Å². The number of thiocarbonyl (C=S) groups is 1. The predicted octanol–water partition coefficient (Wildman–Crippen LogP) is 2.07. The molecule has 0 amide bonds. The van der Waals surface area contributed by atoms with Gasteiger partial charge in [-0.05, 0) is 19.9 Å². The highest BCUT2D eigenvalue weighted by Crippen LogP contribution is 2.35. The summed E-state index contributed by atoms with van der Waals surface area (Å²) < 4.78 is 1.12. The van der Waals surface area contributed by atoms with Gasteiger partial charge in [0, 0.05) is 16.9 Å². The van der Waals surface area contributed by atoms with Gasteiger partial charge in [0.05, 0.1) is 4.20 Å². The monoisotopic (exact) mass is 173 g/mol. The number of thioether (sulfide) groups is 1. The lowest BCUT2D eigenvalue weighted by molar-refractivity contribution is 0.698. The quantitative estimate of drug-likeness (QED) is 0.568. The fraction of sp³-hybridized carbons (Fsp3) is 0.571. The van der Waals surface area contributed by atoms with Gasteiger partial charge in [-0.3, -0.25) is 0 Å². The van der Waals surface area contributed by atoms with Crippen molar-refractivity contribution in [2.24, 2.45) is 5.73 Å². The van der Waals surface area contributed by atoms with Crippen molar-refractivity contribution in [1.82, 2.24) is 0 Å². The molecule has 1 aliphatic rings. The maximum Gasteiger partial charge on any atom is 0.0728 e. The van der Waals surface area contributed by atoms with Crippen LogP contribution in [-0.2, 0) is 0 Å². The standard InChI is InChI=1S/C7H11NS2/c1-7(2)4-5(8)3-6(9)10-7/h3H,4,8H2,1-2H3. The SMILES string of the molecule is CC1(C)CC(N)=CC(=S)S1. The molecule has 1 aliphatic heterocycles. The van der Waals surface area contributed by atoms with Crippen molar-refractivity contribution in [2.45, 2.75) is 25.0 Å². The van der Waals surface area contributed by atoms with E-state index >= 15 is 0 Å². The highest BCUT2D eigenvalue weighted by atomic mass is 32.2. The molecular formula is C7H11NS2. The van der Waals surface area contributed by atoms with Crippen molar-refractivity contribution in [1.29, 1.82) is 0 Å². The third-order valence-electron chi connectivity index (χ3n) is 1.31. The van der Waals surface area contributed by atoms with Crippen molar-refractivity contribution in [3.63, 3.8) is 0 Å². The summed E-state index contributed by atoms with van der Waals surface area (Å²) in [5.74, 6) is 0. The summed E-state index contributed by atoms with van der Waals surface area (Å²) in [6.07, 6.45) is 2.82. The van der Waals surface area contributed by atoms with Crippen LogP contribution in [0.5, 0.6) is 0 Å². The number of rotatable bonds is 0. The second kappa shape index (κ2) is 2.55. The molecule has 0 aromatic heterocycles. The molecule has 0 aliphatic carbocycles. The van der Waals surface area contributed by atoms with Crippen molar-refractivity contribution in [3.05, 3.63) is 11.8 Å². The van der Waals surface area contributed by atoms with Gasteiger partial charge in [-0.1, -0.05) is 12.2 Å². The minimum atomic E-state index is 0.204. The molecule has 0 aromatic carbocycles. The molecule has 0 bridgehead atoms. The average Bonchev–Trinajstić information content (AvgIpc) is 1.54. The molecule has 1 heterocycles. The van der Waals surface area contributed by atoms with E-state index in [0.29, 0.717) is 0 Å². The Kier molecular flexibility index (Phi) is 2.06. The zero-order valence-electron chi connectivity index (χ0n) is 6.18. The summed E-state index contributed by atoms with van der Waals surface area (Å²) in [5.41, 5.74) is 6.57. The molecule has 0 aromatic rings. The van der Waals surface area contributed by atoms with E-state index in [9.17, 15) is 0 Å². The molecule has 0 unspecified atom stereocenters.